The summed E-state index contributed by atoms with van der Waals surface area (Å²) in [4.78, 5) is 13.5. The van der Waals surface area contributed by atoms with E-state index in [9.17, 15) is 9.90 Å². The molecule has 158 valence electrons. The normalized spacial score (nSPS) is 29.4. The Kier molecular flexibility index (Phi) is 4.52. The fourth-order valence-corrected chi connectivity index (χ4v) is 5.35. The van der Waals surface area contributed by atoms with E-state index in [0.717, 1.165) is 37.1 Å². The van der Waals surface area contributed by atoms with Gasteiger partial charge in [0.1, 0.15) is 5.60 Å². The van der Waals surface area contributed by atoms with Crippen molar-refractivity contribution in [3.8, 4) is 11.5 Å². The third-order valence-corrected chi connectivity index (χ3v) is 6.96. The lowest BCUT2D eigenvalue weighted by Gasteiger charge is -2.50. The minimum atomic E-state index is -0.902. The molecule has 0 radical (unpaired) electrons. The molecule has 4 atom stereocenters. The van der Waals surface area contributed by atoms with E-state index in [4.69, 9.17) is 14.6 Å². The summed E-state index contributed by atoms with van der Waals surface area (Å²) in [5.41, 5.74) is 1.92. The Bertz CT molecular complexity index is 970. The highest BCUT2D eigenvalue weighted by Gasteiger charge is 2.53. The van der Waals surface area contributed by atoms with Crippen LogP contribution in [0.3, 0.4) is 0 Å². The number of ether oxygens (including phenoxy) is 2. The van der Waals surface area contributed by atoms with Crippen molar-refractivity contribution in [3.05, 3.63) is 59.2 Å². The highest BCUT2D eigenvalue weighted by atomic mass is 16.5. The summed E-state index contributed by atoms with van der Waals surface area (Å²) in [5, 5.41) is 19.4. The number of fused-ring (bicyclic) bond motifs is 4. The highest BCUT2D eigenvalue weighted by Crippen LogP contribution is 2.54. The van der Waals surface area contributed by atoms with E-state index in [1.807, 2.05) is 24.3 Å². The highest BCUT2D eigenvalue weighted by molar-refractivity contribution is 5.87. The summed E-state index contributed by atoms with van der Waals surface area (Å²) >= 11 is 0. The number of likely N-dealkylation sites (tertiary alicyclic amines) is 1. The molecule has 2 fully saturated rings. The summed E-state index contributed by atoms with van der Waals surface area (Å²) in [6.07, 6.45) is 2.00. The van der Waals surface area contributed by atoms with Crippen LogP contribution < -0.4 is 4.74 Å². The molecule has 2 aromatic carbocycles. The van der Waals surface area contributed by atoms with Crippen LogP contribution >= 0.6 is 0 Å². The quantitative estimate of drug-likeness (QED) is 0.798. The second-order valence-electron chi connectivity index (χ2n) is 9.17. The Morgan fingerprint density at radius 3 is 2.70 bits per heavy atom. The smallest absolute Gasteiger partial charge is 0.335 e. The molecule has 6 nitrogen and oxygen atoms in total. The fraction of sp³-hybridized carbons (Fsp3) is 0.458. The van der Waals surface area contributed by atoms with E-state index >= 15 is 0 Å². The van der Waals surface area contributed by atoms with Gasteiger partial charge in [-0.25, -0.2) is 4.79 Å². The van der Waals surface area contributed by atoms with Crippen molar-refractivity contribution >= 4 is 5.97 Å². The number of nitrogens with zero attached hydrogens (tertiary/aromatic N) is 1. The number of rotatable bonds is 3. The molecule has 2 aromatic rings. The minimum absolute atomic E-state index is 0.0769. The van der Waals surface area contributed by atoms with E-state index in [-0.39, 0.29) is 23.9 Å². The van der Waals surface area contributed by atoms with Crippen LogP contribution in [-0.4, -0.2) is 45.4 Å². The van der Waals surface area contributed by atoms with Crippen molar-refractivity contribution in [2.45, 2.75) is 57.1 Å². The first-order chi connectivity index (χ1) is 14.3. The summed E-state index contributed by atoms with van der Waals surface area (Å²) < 4.78 is 12.9. The Balaban J connectivity index is 1.38. The first kappa shape index (κ1) is 19.4. The maximum Gasteiger partial charge on any atom is 0.335 e. The molecule has 0 bridgehead atoms. The van der Waals surface area contributed by atoms with Gasteiger partial charge >= 0.3 is 5.97 Å². The van der Waals surface area contributed by atoms with Gasteiger partial charge in [-0.2, -0.15) is 0 Å². The lowest BCUT2D eigenvalue weighted by Crippen LogP contribution is -2.53. The molecule has 0 saturated carbocycles. The standard InChI is InChI=1S/C24H27NO5/c1-24(2)17-12-18-20(29-21(17)16-4-3-5-19(26)22(16)30-24)10-11-25(18)13-14-6-8-15(9-7-14)23(27)28/h3-9,17-18,20-21,26H,10-13H2,1-2H3,(H,27,28)/t17-,18+,20-,21+/m0/s1. The van der Waals surface area contributed by atoms with Gasteiger partial charge in [-0.1, -0.05) is 24.3 Å². The third-order valence-electron chi connectivity index (χ3n) is 6.96. The Morgan fingerprint density at radius 1 is 1.20 bits per heavy atom. The van der Waals surface area contributed by atoms with E-state index in [0.29, 0.717) is 17.4 Å². The zero-order chi connectivity index (χ0) is 21.0. The molecule has 2 N–H and O–H groups in total. The van der Waals surface area contributed by atoms with Gasteiger partial charge in [0.25, 0.3) is 0 Å². The molecule has 0 unspecified atom stereocenters. The second kappa shape index (κ2) is 7.00. The summed E-state index contributed by atoms with van der Waals surface area (Å²) in [7, 11) is 0. The molecular weight excluding hydrogens is 382 g/mol. The number of phenols is 1. The maximum absolute atomic E-state index is 11.1. The number of aromatic hydroxyl groups is 1. The van der Waals surface area contributed by atoms with Crippen LogP contribution in [0.25, 0.3) is 0 Å². The summed E-state index contributed by atoms with van der Waals surface area (Å²) in [5.74, 6) is 0.00145. The lowest BCUT2D eigenvalue weighted by molar-refractivity contribution is -0.163. The third kappa shape index (κ3) is 3.15. The van der Waals surface area contributed by atoms with Gasteiger partial charge in [0, 0.05) is 30.6 Å². The monoisotopic (exact) mass is 409 g/mol. The van der Waals surface area contributed by atoms with Crippen molar-refractivity contribution in [1.29, 1.82) is 0 Å². The molecule has 2 saturated heterocycles. The number of benzene rings is 2. The summed E-state index contributed by atoms with van der Waals surface area (Å²) in [6, 6.07) is 12.9. The number of hydrogen-bond donors (Lipinski definition) is 2. The van der Waals surface area contributed by atoms with Crippen LogP contribution in [0.5, 0.6) is 11.5 Å². The number of carbonyl (C=O) groups is 1. The molecule has 5 rings (SSSR count). The number of para-hydroxylation sites is 1. The van der Waals surface area contributed by atoms with Gasteiger partial charge < -0.3 is 19.7 Å². The van der Waals surface area contributed by atoms with Crippen LogP contribution in [0, 0.1) is 5.92 Å². The van der Waals surface area contributed by atoms with Gasteiger partial charge in [0.2, 0.25) is 0 Å². The molecule has 0 aliphatic carbocycles. The zero-order valence-electron chi connectivity index (χ0n) is 17.2. The SMILES string of the molecule is CC1(C)Oc2c(O)cccc2[C@H]2O[C@H]3CCN(Cc4ccc(C(=O)O)cc4)[C@@H]3C[C@@H]21. The van der Waals surface area contributed by atoms with Crippen LogP contribution in [-0.2, 0) is 11.3 Å². The molecule has 0 aromatic heterocycles. The van der Waals surface area contributed by atoms with Crippen LogP contribution in [0.2, 0.25) is 0 Å². The van der Waals surface area contributed by atoms with E-state index in [1.54, 1.807) is 18.2 Å². The van der Waals surface area contributed by atoms with Crippen LogP contribution in [0.15, 0.2) is 42.5 Å². The average Bonchev–Trinajstić information content (AvgIpc) is 3.10. The number of aromatic carboxylic acids is 1. The summed E-state index contributed by atoms with van der Waals surface area (Å²) in [6.45, 7) is 5.88. The van der Waals surface area contributed by atoms with E-state index in [2.05, 4.69) is 18.7 Å². The molecule has 3 heterocycles. The largest absolute Gasteiger partial charge is 0.504 e. The topological polar surface area (TPSA) is 79.2 Å². The minimum Gasteiger partial charge on any atom is -0.504 e. The Morgan fingerprint density at radius 2 is 1.97 bits per heavy atom. The second-order valence-corrected chi connectivity index (χ2v) is 9.17. The number of phenolic OH excluding ortho intramolecular Hbond substituents is 1. The molecule has 3 aliphatic rings. The maximum atomic E-state index is 11.1. The van der Waals surface area contributed by atoms with Crippen molar-refractivity contribution in [3.63, 3.8) is 0 Å². The average molecular weight is 409 g/mol. The predicted molar refractivity (Wildman–Crippen MR) is 111 cm³/mol. The Hall–Kier alpha value is -2.57. The molecule has 3 aliphatic heterocycles. The molecule has 0 amide bonds. The first-order valence-corrected chi connectivity index (χ1v) is 10.6. The van der Waals surface area contributed by atoms with Crippen molar-refractivity contribution in [2.24, 2.45) is 5.92 Å². The molecular formula is C24H27NO5. The lowest BCUT2D eigenvalue weighted by atomic mass is 9.74. The fourth-order valence-electron chi connectivity index (χ4n) is 5.35. The number of carboxylic acid groups (broad SMARTS) is 1. The first-order valence-electron chi connectivity index (χ1n) is 10.6. The van der Waals surface area contributed by atoms with E-state index in [1.165, 1.54) is 0 Å². The zero-order valence-corrected chi connectivity index (χ0v) is 17.2. The van der Waals surface area contributed by atoms with Crippen molar-refractivity contribution in [1.82, 2.24) is 4.90 Å². The van der Waals surface area contributed by atoms with Gasteiger partial charge in [-0.15, -0.1) is 0 Å². The van der Waals surface area contributed by atoms with Gasteiger partial charge in [-0.3, -0.25) is 4.90 Å². The van der Waals surface area contributed by atoms with Crippen molar-refractivity contribution in [2.75, 3.05) is 6.54 Å². The van der Waals surface area contributed by atoms with Crippen LogP contribution in [0.4, 0.5) is 0 Å². The van der Waals surface area contributed by atoms with Gasteiger partial charge in [-0.05, 0) is 50.5 Å². The molecule has 6 heteroatoms. The predicted octanol–water partition coefficient (Wildman–Crippen LogP) is 3.98. The van der Waals surface area contributed by atoms with Crippen molar-refractivity contribution < 1.29 is 24.5 Å². The molecule has 0 spiro atoms. The van der Waals surface area contributed by atoms with Crippen LogP contribution in [0.1, 0.15) is 54.3 Å². The molecule has 30 heavy (non-hydrogen) atoms. The van der Waals surface area contributed by atoms with Gasteiger partial charge in [0.15, 0.2) is 11.5 Å². The Labute approximate surface area is 176 Å². The van der Waals surface area contributed by atoms with Gasteiger partial charge in [0.05, 0.1) is 17.8 Å². The number of hydrogen-bond acceptors (Lipinski definition) is 5. The van der Waals surface area contributed by atoms with E-state index < -0.39 is 11.6 Å². The number of carboxylic acids is 1.